The fourth-order valence-electron chi connectivity index (χ4n) is 2.69. The second-order valence-electron chi connectivity index (χ2n) is 6.24. The van der Waals surface area contributed by atoms with Gasteiger partial charge < -0.3 is 5.32 Å². The molecule has 0 spiro atoms. The van der Waals surface area contributed by atoms with Crippen molar-refractivity contribution in [2.75, 3.05) is 15.9 Å². The first-order valence-corrected chi connectivity index (χ1v) is 10.4. The Morgan fingerprint density at radius 1 is 0.929 bits per heavy atom. The summed E-state index contributed by atoms with van der Waals surface area (Å²) in [5.41, 5.74) is 1.73. The molecule has 0 fully saturated rings. The molecule has 0 aliphatic rings. The van der Waals surface area contributed by atoms with Crippen LogP contribution in [0.1, 0.15) is 15.9 Å². The first-order chi connectivity index (χ1) is 13.3. The Balaban J connectivity index is 1.78. The Labute approximate surface area is 163 Å². The number of hydrogen-bond donors (Lipinski definition) is 1. The van der Waals surface area contributed by atoms with E-state index in [0.717, 1.165) is 10.6 Å². The smallest absolute Gasteiger partial charge is 0.255 e. The van der Waals surface area contributed by atoms with Crippen LogP contribution in [-0.2, 0) is 16.6 Å². The zero-order chi connectivity index (χ0) is 20.1. The van der Waals surface area contributed by atoms with Crippen molar-refractivity contribution in [3.63, 3.8) is 0 Å². The second kappa shape index (κ2) is 8.22. The molecule has 144 valence electrons. The minimum Gasteiger partial charge on any atom is -0.322 e. The van der Waals surface area contributed by atoms with E-state index in [4.69, 9.17) is 0 Å². The number of hydrogen-bond acceptors (Lipinski definition) is 3. The quantitative estimate of drug-likeness (QED) is 0.681. The summed E-state index contributed by atoms with van der Waals surface area (Å²) in [4.78, 5) is 12.3. The highest BCUT2D eigenvalue weighted by Crippen LogP contribution is 2.24. The molecule has 1 amide bonds. The van der Waals surface area contributed by atoms with Gasteiger partial charge in [0.25, 0.3) is 5.91 Å². The van der Waals surface area contributed by atoms with Gasteiger partial charge in [0.15, 0.2) is 0 Å². The number of nitrogens with zero attached hydrogens (tertiary/aromatic N) is 1. The molecule has 3 rings (SSSR count). The molecule has 0 unspecified atom stereocenters. The molecule has 0 radical (unpaired) electrons. The average Bonchev–Trinajstić information content (AvgIpc) is 2.67. The van der Waals surface area contributed by atoms with Crippen LogP contribution in [0.4, 0.5) is 15.8 Å². The Morgan fingerprint density at radius 3 is 2.14 bits per heavy atom. The van der Waals surface area contributed by atoms with Crippen molar-refractivity contribution >= 4 is 27.3 Å². The highest BCUT2D eigenvalue weighted by atomic mass is 32.2. The van der Waals surface area contributed by atoms with Gasteiger partial charge in [-0.1, -0.05) is 42.5 Å². The number of carbonyl (C=O) groups excluding carboxylic acids is 1. The van der Waals surface area contributed by atoms with Crippen LogP contribution >= 0.6 is 0 Å². The Morgan fingerprint density at radius 2 is 1.54 bits per heavy atom. The number of para-hydroxylation sites is 2. The van der Waals surface area contributed by atoms with E-state index in [1.807, 2.05) is 18.2 Å². The van der Waals surface area contributed by atoms with Crippen molar-refractivity contribution in [1.29, 1.82) is 0 Å². The Bertz CT molecular complexity index is 1070. The van der Waals surface area contributed by atoms with E-state index in [0.29, 0.717) is 16.8 Å². The molecular weight excluding hydrogens is 379 g/mol. The number of benzene rings is 3. The number of nitrogens with one attached hydrogen (secondary N) is 1. The van der Waals surface area contributed by atoms with Crippen LogP contribution < -0.4 is 9.62 Å². The van der Waals surface area contributed by atoms with Crippen molar-refractivity contribution < 1.29 is 17.6 Å². The van der Waals surface area contributed by atoms with Gasteiger partial charge in [0.1, 0.15) is 5.82 Å². The molecule has 0 saturated carbocycles. The van der Waals surface area contributed by atoms with Gasteiger partial charge in [-0.05, 0) is 42.0 Å². The number of amides is 1. The topological polar surface area (TPSA) is 66.5 Å². The van der Waals surface area contributed by atoms with Gasteiger partial charge in [0, 0.05) is 11.3 Å². The standard InChI is InChI=1S/C21H19FN2O3S/c1-28(26,27)24(20-10-6-5-9-19(20)22)15-16-11-13-17(14-12-16)21(25)23-18-7-3-2-4-8-18/h2-14H,15H2,1H3,(H,23,25). The summed E-state index contributed by atoms with van der Waals surface area (Å²) in [6.07, 6.45) is 1.03. The molecule has 0 atom stereocenters. The van der Waals surface area contributed by atoms with Crippen LogP contribution in [-0.4, -0.2) is 20.6 Å². The van der Waals surface area contributed by atoms with E-state index < -0.39 is 15.8 Å². The maximum atomic E-state index is 14.1. The highest BCUT2D eigenvalue weighted by Gasteiger charge is 2.21. The van der Waals surface area contributed by atoms with E-state index >= 15 is 0 Å². The molecule has 0 heterocycles. The molecule has 28 heavy (non-hydrogen) atoms. The van der Waals surface area contributed by atoms with Crippen molar-refractivity contribution in [3.8, 4) is 0 Å². The summed E-state index contributed by atoms with van der Waals surface area (Å²) in [5.74, 6) is -0.890. The second-order valence-corrected chi connectivity index (χ2v) is 8.14. The summed E-state index contributed by atoms with van der Waals surface area (Å²) in [6, 6.07) is 21.3. The van der Waals surface area contributed by atoms with E-state index in [1.54, 1.807) is 42.5 Å². The summed E-state index contributed by atoms with van der Waals surface area (Å²) < 4.78 is 39.4. The van der Waals surface area contributed by atoms with Crippen molar-refractivity contribution in [2.24, 2.45) is 0 Å². The van der Waals surface area contributed by atoms with Crippen LogP contribution in [0.3, 0.4) is 0 Å². The molecule has 3 aromatic carbocycles. The van der Waals surface area contributed by atoms with Gasteiger partial charge in [-0.15, -0.1) is 0 Å². The lowest BCUT2D eigenvalue weighted by molar-refractivity contribution is 0.102. The van der Waals surface area contributed by atoms with Crippen molar-refractivity contribution in [3.05, 3.63) is 95.8 Å². The molecule has 0 bridgehead atoms. The molecule has 7 heteroatoms. The van der Waals surface area contributed by atoms with Gasteiger partial charge in [-0.2, -0.15) is 0 Å². The van der Waals surface area contributed by atoms with Gasteiger partial charge in [0.05, 0.1) is 18.5 Å². The molecular formula is C21H19FN2O3S. The van der Waals surface area contributed by atoms with Gasteiger partial charge in [0.2, 0.25) is 10.0 Å². The van der Waals surface area contributed by atoms with Crippen molar-refractivity contribution in [2.45, 2.75) is 6.54 Å². The van der Waals surface area contributed by atoms with Gasteiger partial charge in [-0.3, -0.25) is 9.10 Å². The molecule has 0 aliphatic carbocycles. The highest BCUT2D eigenvalue weighted by molar-refractivity contribution is 7.92. The van der Waals surface area contributed by atoms with Crippen LogP contribution in [0.2, 0.25) is 0 Å². The minimum atomic E-state index is -3.69. The zero-order valence-electron chi connectivity index (χ0n) is 15.2. The molecule has 0 aromatic heterocycles. The van der Waals surface area contributed by atoms with E-state index in [-0.39, 0.29) is 18.1 Å². The van der Waals surface area contributed by atoms with E-state index in [1.165, 1.54) is 18.2 Å². The lowest BCUT2D eigenvalue weighted by Gasteiger charge is -2.23. The summed E-state index contributed by atoms with van der Waals surface area (Å²) in [7, 11) is -3.69. The van der Waals surface area contributed by atoms with Crippen LogP contribution in [0.25, 0.3) is 0 Å². The first-order valence-electron chi connectivity index (χ1n) is 8.52. The summed E-state index contributed by atoms with van der Waals surface area (Å²) in [5, 5.41) is 2.78. The van der Waals surface area contributed by atoms with Gasteiger partial charge >= 0.3 is 0 Å². The fraction of sp³-hybridized carbons (Fsp3) is 0.0952. The predicted octanol–water partition coefficient (Wildman–Crippen LogP) is 4.04. The minimum absolute atomic E-state index is 0.0177. The van der Waals surface area contributed by atoms with E-state index in [9.17, 15) is 17.6 Å². The number of anilines is 2. The number of halogens is 1. The third-order valence-electron chi connectivity index (χ3n) is 4.10. The number of rotatable bonds is 6. The molecule has 0 saturated heterocycles. The SMILES string of the molecule is CS(=O)(=O)N(Cc1ccc(C(=O)Nc2ccccc2)cc1)c1ccccc1F. The third-order valence-corrected chi connectivity index (χ3v) is 5.22. The van der Waals surface area contributed by atoms with Crippen molar-refractivity contribution in [1.82, 2.24) is 0 Å². The Kier molecular flexibility index (Phi) is 5.75. The third kappa shape index (κ3) is 4.75. The van der Waals surface area contributed by atoms with Crippen LogP contribution in [0.15, 0.2) is 78.9 Å². The predicted molar refractivity (Wildman–Crippen MR) is 108 cm³/mol. The molecule has 0 aliphatic heterocycles. The largest absolute Gasteiger partial charge is 0.322 e. The molecule has 3 aromatic rings. The lowest BCUT2D eigenvalue weighted by Crippen LogP contribution is -2.30. The molecule has 1 N–H and O–H groups in total. The molecule has 5 nitrogen and oxygen atoms in total. The maximum absolute atomic E-state index is 14.1. The zero-order valence-corrected chi connectivity index (χ0v) is 16.0. The fourth-order valence-corrected chi connectivity index (χ4v) is 3.58. The van der Waals surface area contributed by atoms with E-state index in [2.05, 4.69) is 5.32 Å². The average molecular weight is 398 g/mol. The summed E-state index contributed by atoms with van der Waals surface area (Å²) >= 11 is 0. The first kappa shape index (κ1) is 19.6. The monoisotopic (exact) mass is 398 g/mol. The lowest BCUT2D eigenvalue weighted by atomic mass is 10.1. The van der Waals surface area contributed by atoms with Crippen LogP contribution in [0.5, 0.6) is 0 Å². The normalized spacial score (nSPS) is 11.1. The van der Waals surface area contributed by atoms with Gasteiger partial charge in [-0.25, -0.2) is 12.8 Å². The Hall–Kier alpha value is -3.19. The van der Waals surface area contributed by atoms with Crippen LogP contribution in [0, 0.1) is 5.82 Å². The number of sulfonamides is 1. The maximum Gasteiger partial charge on any atom is 0.255 e. The number of carbonyl (C=O) groups is 1. The summed E-state index contributed by atoms with van der Waals surface area (Å²) in [6.45, 7) is -0.0413.